The van der Waals surface area contributed by atoms with E-state index in [4.69, 9.17) is 14.2 Å². The van der Waals surface area contributed by atoms with Crippen molar-refractivity contribution in [2.24, 2.45) is 0 Å². The van der Waals surface area contributed by atoms with Crippen molar-refractivity contribution >= 4 is 17.7 Å². The fourth-order valence-electron chi connectivity index (χ4n) is 2.94. The number of allylic oxidation sites excluding steroid dienone is 1. The Kier molecular flexibility index (Phi) is 4.89. The molecule has 0 fully saturated rings. The Bertz CT molecular complexity index is 849. The lowest BCUT2D eigenvalue weighted by atomic mass is 9.93. The molecule has 0 unspecified atom stereocenters. The number of hydrogen-bond acceptors (Lipinski definition) is 7. The van der Waals surface area contributed by atoms with Crippen LogP contribution in [0.2, 0.25) is 0 Å². The quantitative estimate of drug-likeness (QED) is 0.474. The summed E-state index contributed by atoms with van der Waals surface area (Å²) < 4.78 is 15.7. The molecule has 27 heavy (non-hydrogen) atoms. The van der Waals surface area contributed by atoms with E-state index < -0.39 is 23.0 Å². The molecule has 0 radical (unpaired) electrons. The molecular formula is C17H19N3O7. The normalized spacial score (nSPS) is 18.4. The van der Waals surface area contributed by atoms with Crippen molar-refractivity contribution in [1.29, 1.82) is 0 Å². The van der Waals surface area contributed by atoms with Gasteiger partial charge in [-0.25, -0.2) is 9.59 Å². The van der Waals surface area contributed by atoms with Crippen LogP contribution in [-0.4, -0.2) is 42.3 Å². The van der Waals surface area contributed by atoms with Gasteiger partial charge in [0.2, 0.25) is 6.79 Å². The Labute approximate surface area is 154 Å². The topological polar surface area (TPSA) is 120 Å². The van der Waals surface area contributed by atoms with E-state index in [0.29, 0.717) is 17.9 Å². The summed E-state index contributed by atoms with van der Waals surface area (Å²) in [6, 6.07) is 1.10. The van der Waals surface area contributed by atoms with Gasteiger partial charge in [0.1, 0.15) is 0 Å². The van der Waals surface area contributed by atoms with Crippen molar-refractivity contribution in [3.63, 3.8) is 0 Å². The van der Waals surface area contributed by atoms with Gasteiger partial charge in [-0.1, -0.05) is 6.92 Å². The molecule has 2 aliphatic heterocycles. The van der Waals surface area contributed by atoms with Gasteiger partial charge in [0.05, 0.1) is 34.8 Å². The van der Waals surface area contributed by atoms with Crippen LogP contribution in [0.1, 0.15) is 31.9 Å². The molecule has 1 aromatic carbocycles. The minimum absolute atomic E-state index is 0.0596. The maximum Gasteiger partial charge on any atom is 0.338 e. The zero-order valence-electron chi connectivity index (χ0n) is 15.1. The number of nitrogens with one attached hydrogen (secondary N) is 1. The molecule has 2 amide bonds. The number of benzene rings is 1. The zero-order chi connectivity index (χ0) is 19.7. The highest BCUT2D eigenvalue weighted by Crippen LogP contribution is 2.43. The number of hydrogen-bond donors (Lipinski definition) is 1. The Balaban J connectivity index is 2.14. The molecule has 0 bridgehead atoms. The number of ether oxygens (including phenoxy) is 3. The first-order valence-electron chi connectivity index (χ1n) is 8.35. The monoisotopic (exact) mass is 377 g/mol. The molecular weight excluding hydrogens is 358 g/mol. The van der Waals surface area contributed by atoms with Gasteiger partial charge in [0.15, 0.2) is 11.5 Å². The number of carbonyl (C=O) groups excluding carboxylic acids is 2. The average Bonchev–Trinajstić information content (AvgIpc) is 3.10. The molecule has 1 atom stereocenters. The molecule has 2 heterocycles. The lowest BCUT2D eigenvalue weighted by Crippen LogP contribution is -2.46. The first-order valence-corrected chi connectivity index (χ1v) is 8.35. The van der Waals surface area contributed by atoms with Gasteiger partial charge in [-0.15, -0.1) is 0 Å². The third-order valence-electron chi connectivity index (χ3n) is 4.44. The van der Waals surface area contributed by atoms with E-state index in [-0.39, 0.29) is 36.0 Å². The molecule has 0 saturated heterocycles. The van der Waals surface area contributed by atoms with Gasteiger partial charge >= 0.3 is 12.0 Å². The van der Waals surface area contributed by atoms with Crippen molar-refractivity contribution in [2.45, 2.75) is 26.3 Å². The third-order valence-corrected chi connectivity index (χ3v) is 4.44. The van der Waals surface area contributed by atoms with Crippen molar-refractivity contribution in [2.75, 3.05) is 20.4 Å². The summed E-state index contributed by atoms with van der Waals surface area (Å²) in [6.45, 7) is 3.58. The summed E-state index contributed by atoms with van der Waals surface area (Å²) in [7, 11) is 1.50. The van der Waals surface area contributed by atoms with Gasteiger partial charge in [-0.2, -0.15) is 0 Å². The summed E-state index contributed by atoms with van der Waals surface area (Å²) in [5.74, 6) is -0.0959. The standard InChI is InChI=1S/C17H19N3O7/c1-4-5-25-16(21)14-9(2)19(3)17(22)18-15(14)10-6-12-13(27-8-26-12)7-11(10)20(23)24/h6-7,15H,4-5,8H2,1-3H3,(H,18,22)/t15-/m1/s1. The number of esters is 1. The average molecular weight is 377 g/mol. The van der Waals surface area contributed by atoms with Gasteiger partial charge in [-0.3, -0.25) is 10.1 Å². The molecule has 3 rings (SSSR count). The molecule has 0 aliphatic carbocycles. The van der Waals surface area contributed by atoms with Crippen molar-refractivity contribution in [1.82, 2.24) is 10.2 Å². The lowest BCUT2D eigenvalue weighted by Gasteiger charge is -2.33. The van der Waals surface area contributed by atoms with Crippen LogP contribution in [0.15, 0.2) is 23.4 Å². The van der Waals surface area contributed by atoms with Gasteiger partial charge in [0, 0.05) is 12.7 Å². The number of rotatable bonds is 5. The second-order valence-corrected chi connectivity index (χ2v) is 6.10. The van der Waals surface area contributed by atoms with Gasteiger partial charge in [0.25, 0.3) is 5.69 Å². The smallest absolute Gasteiger partial charge is 0.338 e. The number of carbonyl (C=O) groups is 2. The summed E-state index contributed by atoms with van der Waals surface area (Å²) >= 11 is 0. The number of nitrogens with zero attached hydrogens (tertiary/aromatic N) is 2. The zero-order valence-corrected chi connectivity index (χ0v) is 15.1. The Morgan fingerprint density at radius 2 is 2.07 bits per heavy atom. The van der Waals surface area contributed by atoms with E-state index in [9.17, 15) is 19.7 Å². The van der Waals surface area contributed by atoms with E-state index >= 15 is 0 Å². The van der Waals surface area contributed by atoms with E-state index in [1.807, 2.05) is 6.92 Å². The summed E-state index contributed by atoms with van der Waals surface area (Å²) in [5, 5.41) is 14.2. The maximum atomic E-state index is 12.6. The molecule has 10 heteroatoms. The van der Waals surface area contributed by atoms with E-state index in [1.54, 1.807) is 6.92 Å². The number of fused-ring (bicyclic) bond motifs is 1. The minimum Gasteiger partial charge on any atom is -0.462 e. The van der Waals surface area contributed by atoms with Crippen molar-refractivity contribution in [3.8, 4) is 11.5 Å². The molecule has 10 nitrogen and oxygen atoms in total. The summed E-state index contributed by atoms with van der Waals surface area (Å²) in [6.07, 6.45) is 0.620. The van der Waals surface area contributed by atoms with Crippen LogP contribution >= 0.6 is 0 Å². The fourth-order valence-corrected chi connectivity index (χ4v) is 2.94. The number of amides is 2. The number of nitro benzene ring substituents is 1. The highest BCUT2D eigenvalue weighted by molar-refractivity contribution is 5.95. The molecule has 0 spiro atoms. The highest BCUT2D eigenvalue weighted by Gasteiger charge is 2.39. The van der Waals surface area contributed by atoms with E-state index in [1.165, 1.54) is 24.1 Å². The van der Waals surface area contributed by atoms with Crippen LogP contribution in [0.5, 0.6) is 11.5 Å². The first kappa shape index (κ1) is 18.5. The predicted octanol–water partition coefficient (Wildman–Crippen LogP) is 2.25. The summed E-state index contributed by atoms with van der Waals surface area (Å²) in [4.78, 5) is 37.2. The van der Waals surface area contributed by atoms with Crippen molar-refractivity contribution in [3.05, 3.63) is 39.1 Å². The first-order chi connectivity index (χ1) is 12.8. The van der Waals surface area contributed by atoms with Crippen LogP contribution < -0.4 is 14.8 Å². The second-order valence-electron chi connectivity index (χ2n) is 6.10. The van der Waals surface area contributed by atoms with Crippen LogP contribution in [0.25, 0.3) is 0 Å². The Hall–Kier alpha value is -3.30. The second kappa shape index (κ2) is 7.14. The molecule has 1 aromatic rings. The minimum atomic E-state index is -1.05. The molecule has 2 aliphatic rings. The van der Waals surface area contributed by atoms with E-state index in [2.05, 4.69) is 5.32 Å². The highest BCUT2D eigenvalue weighted by atomic mass is 16.7. The summed E-state index contributed by atoms with van der Waals surface area (Å²) in [5.41, 5.74) is 0.320. The van der Waals surface area contributed by atoms with Crippen molar-refractivity contribution < 1.29 is 28.7 Å². The molecule has 0 saturated carbocycles. The number of urea groups is 1. The maximum absolute atomic E-state index is 12.6. The lowest BCUT2D eigenvalue weighted by molar-refractivity contribution is -0.385. The largest absolute Gasteiger partial charge is 0.462 e. The SMILES string of the molecule is CCCOC(=O)C1=C(C)N(C)C(=O)N[C@@H]1c1cc2c(cc1[N+](=O)[O-])OCO2. The molecule has 1 N–H and O–H groups in total. The predicted molar refractivity (Wildman–Crippen MR) is 92.2 cm³/mol. The van der Waals surface area contributed by atoms with Crippen LogP contribution in [0.4, 0.5) is 10.5 Å². The van der Waals surface area contributed by atoms with E-state index in [0.717, 1.165) is 0 Å². The van der Waals surface area contributed by atoms with Gasteiger partial charge in [-0.05, 0) is 19.4 Å². The van der Waals surface area contributed by atoms with Crippen LogP contribution in [0, 0.1) is 10.1 Å². The Morgan fingerprint density at radius 3 is 2.70 bits per heavy atom. The molecule has 0 aromatic heterocycles. The Morgan fingerprint density at radius 1 is 1.41 bits per heavy atom. The molecule has 144 valence electrons. The van der Waals surface area contributed by atoms with Gasteiger partial charge < -0.3 is 24.4 Å². The third kappa shape index (κ3) is 3.25. The van der Waals surface area contributed by atoms with Crippen LogP contribution in [-0.2, 0) is 9.53 Å². The van der Waals surface area contributed by atoms with Crippen LogP contribution in [0.3, 0.4) is 0 Å². The fraction of sp³-hybridized carbons (Fsp3) is 0.412. The number of nitro groups is 1.